The molecule has 0 aliphatic heterocycles. The number of rotatable bonds is 4. The first-order chi connectivity index (χ1) is 4.68. The monoisotopic (exact) mass is 137 g/mol. The van der Waals surface area contributed by atoms with Crippen LogP contribution in [0.3, 0.4) is 0 Å². The molecule has 0 nitrogen and oxygen atoms in total. The number of unbranched alkanes of at least 4 members (excludes halogenated alkanes) is 2. The van der Waals surface area contributed by atoms with Crippen molar-refractivity contribution in [1.82, 2.24) is 0 Å². The van der Waals surface area contributed by atoms with Gasteiger partial charge in [-0.3, -0.25) is 0 Å². The van der Waals surface area contributed by atoms with Crippen molar-refractivity contribution in [3.63, 3.8) is 0 Å². The molecule has 0 atom stereocenters. The third-order valence-electron chi connectivity index (χ3n) is 1.63. The van der Waals surface area contributed by atoms with Crippen LogP contribution in [0.25, 0.3) is 0 Å². The average Bonchev–Trinajstić information content (AvgIpc) is 1.88. The lowest BCUT2D eigenvalue weighted by atomic mass is 10.1. The zero-order valence-electron chi connectivity index (χ0n) is 7.28. The Balaban J connectivity index is 3.58. The second kappa shape index (κ2) is 5.28. The highest BCUT2D eigenvalue weighted by atomic mass is 13.9. The molecular weight excluding hydrogens is 120 g/mol. The highest BCUT2D eigenvalue weighted by Gasteiger charge is 1.87. The molecule has 0 rings (SSSR count). The molecule has 0 unspecified atom stereocenters. The van der Waals surface area contributed by atoms with E-state index in [0.29, 0.717) is 0 Å². The normalized spacial score (nSPS) is 11.7. The number of hydrogen-bond acceptors (Lipinski definition) is 0. The molecule has 57 valence electrons. The highest BCUT2D eigenvalue weighted by Crippen LogP contribution is 2.07. The molecule has 0 aliphatic rings. The van der Waals surface area contributed by atoms with Crippen molar-refractivity contribution in [3.8, 4) is 0 Å². The molecule has 0 aromatic rings. The molecule has 10 heavy (non-hydrogen) atoms. The van der Waals surface area contributed by atoms with E-state index in [4.69, 9.17) is 6.58 Å². The first-order valence-electron chi connectivity index (χ1n) is 3.94. The Kier molecular flexibility index (Phi) is 5.00. The quantitative estimate of drug-likeness (QED) is 0.411. The van der Waals surface area contributed by atoms with E-state index in [-0.39, 0.29) is 0 Å². The molecule has 0 saturated carbocycles. The van der Waals surface area contributed by atoms with E-state index >= 15 is 0 Å². The minimum absolute atomic E-state index is 0.941. The highest BCUT2D eigenvalue weighted by molar-refractivity contribution is 5.21. The third-order valence-corrected chi connectivity index (χ3v) is 1.63. The van der Waals surface area contributed by atoms with E-state index in [1.54, 1.807) is 0 Å². The van der Waals surface area contributed by atoms with Crippen LogP contribution < -0.4 is 0 Å². The summed E-state index contributed by atoms with van der Waals surface area (Å²) in [6.07, 6.45) is 5.90. The van der Waals surface area contributed by atoms with Crippen molar-refractivity contribution in [1.29, 1.82) is 0 Å². The maximum absolute atomic E-state index is 5.57. The lowest BCUT2D eigenvalue weighted by molar-refractivity contribution is 0.811. The molecule has 0 bridgehead atoms. The van der Waals surface area contributed by atoms with Crippen LogP contribution in [0.1, 0.15) is 40.0 Å². The largest absolute Gasteiger partial charge is 0.0813 e. The number of allylic oxidation sites excluding steroid dienone is 3. The summed E-state index contributed by atoms with van der Waals surface area (Å²) in [6.45, 7) is 11.8. The maximum atomic E-state index is 5.57. The molecule has 0 spiro atoms. The third kappa shape index (κ3) is 4.37. The molecule has 1 radical (unpaired) electrons. The van der Waals surface area contributed by atoms with E-state index in [9.17, 15) is 0 Å². The van der Waals surface area contributed by atoms with Crippen LogP contribution in [0.2, 0.25) is 0 Å². The fourth-order valence-corrected chi connectivity index (χ4v) is 0.684. The summed E-state index contributed by atoms with van der Waals surface area (Å²) in [4.78, 5) is 0. The SMILES string of the molecule is [CH]=C(C)C(C)=CCCCC. The first kappa shape index (κ1) is 9.48. The molecule has 0 aromatic heterocycles. The molecule has 0 saturated heterocycles. The predicted molar refractivity (Wildman–Crippen MR) is 46.8 cm³/mol. The van der Waals surface area contributed by atoms with E-state index < -0.39 is 0 Å². The Labute approximate surface area is 64.6 Å². The van der Waals surface area contributed by atoms with Gasteiger partial charge in [-0.15, -0.1) is 0 Å². The standard InChI is InChI=1S/C10H17/c1-5-6-7-8-10(4)9(2)3/h2,8H,5-7H2,1,3-4H3. The lowest BCUT2D eigenvalue weighted by Gasteiger charge is -1.97. The van der Waals surface area contributed by atoms with Crippen LogP contribution in [0.4, 0.5) is 0 Å². The zero-order valence-corrected chi connectivity index (χ0v) is 7.28. The molecule has 0 fully saturated rings. The Morgan fingerprint density at radius 1 is 1.40 bits per heavy atom. The van der Waals surface area contributed by atoms with E-state index in [2.05, 4.69) is 19.9 Å². The van der Waals surface area contributed by atoms with Crippen molar-refractivity contribution in [3.05, 3.63) is 23.8 Å². The Morgan fingerprint density at radius 3 is 2.40 bits per heavy atom. The van der Waals surface area contributed by atoms with Crippen molar-refractivity contribution in [2.24, 2.45) is 0 Å². The molecule has 0 heterocycles. The van der Waals surface area contributed by atoms with Crippen LogP contribution in [0.5, 0.6) is 0 Å². The van der Waals surface area contributed by atoms with Gasteiger partial charge in [0.2, 0.25) is 0 Å². The van der Waals surface area contributed by atoms with Gasteiger partial charge in [-0.05, 0) is 25.8 Å². The summed E-state index contributed by atoms with van der Waals surface area (Å²) in [5, 5.41) is 0. The van der Waals surface area contributed by atoms with Gasteiger partial charge >= 0.3 is 0 Å². The molecule has 0 aliphatic carbocycles. The second-order valence-electron chi connectivity index (χ2n) is 2.71. The minimum atomic E-state index is 0.941. The summed E-state index contributed by atoms with van der Waals surface area (Å²) < 4.78 is 0. The van der Waals surface area contributed by atoms with Crippen LogP contribution in [0, 0.1) is 6.58 Å². The van der Waals surface area contributed by atoms with Crippen molar-refractivity contribution in [2.75, 3.05) is 0 Å². The van der Waals surface area contributed by atoms with Gasteiger partial charge < -0.3 is 0 Å². The molecule has 0 N–H and O–H groups in total. The Bertz CT molecular complexity index is 129. The van der Waals surface area contributed by atoms with Gasteiger partial charge in [-0.2, -0.15) is 0 Å². The van der Waals surface area contributed by atoms with E-state index in [1.165, 1.54) is 18.4 Å². The van der Waals surface area contributed by atoms with E-state index in [1.807, 2.05) is 6.92 Å². The summed E-state index contributed by atoms with van der Waals surface area (Å²) >= 11 is 0. The molecule has 0 amide bonds. The van der Waals surface area contributed by atoms with Crippen molar-refractivity contribution in [2.45, 2.75) is 40.0 Å². The molecular formula is C10H17. The predicted octanol–water partition coefficient (Wildman–Crippen LogP) is 3.50. The van der Waals surface area contributed by atoms with Crippen LogP contribution in [0.15, 0.2) is 17.2 Å². The first-order valence-corrected chi connectivity index (χ1v) is 3.94. The van der Waals surface area contributed by atoms with Crippen molar-refractivity contribution >= 4 is 0 Å². The molecule has 0 aromatic carbocycles. The smallest absolute Gasteiger partial charge is 0.0345 e. The number of hydrogen-bond donors (Lipinski definition) is 0. The topological polar surface area (TPSA) is 0 Å². The minimum Gasteiger partial charge on any atom is -0.0813 e. The van der Waals surface area contributed by atoms with Gasteiger partial charge in [0.25, 0.3) is 0 Å². The lowest BCUT2D eigenvalue weighted by Crippen LogP contribution is -1.76. The maximum Gasteiger partial charge on any atom is -0.0345 e. The summed E-state index contributed by atoms with van der Waals surface area (Å²) in [7, 11) is 0. The zero-order chi connectivity index (χ0) is 7.98. The van der Waals surface area contributed by atoms with Crippen LogP contribution in [-0.2, 0) is 0 Å². The Morgan fingerprint density at radius 2 is 2.00 bits per heavy atom. The van der Waals surface area contributed by atoms with Gasteiger partial charge in [0.05, 0.1) is 0 Å². The summed E-state index contributed by atoms with van der Waals surface area (Å²) in [5.74, 6) is 0. The second-order valence-corrected chi connectivity index (χ2v) is 2.71. The van der Waals surface area contributed by atoms with Gasteiger partial charge in [0.15, 0.2) is 0 Å². The Hall–Kier alpha value is -0.520. The fraction of sp³-hybridized carbons (Fsp3) is 0.600. The van der Waals surface area contributed by atoms with Crippen molar-refractivity contribution < 1.29 is 0 Å². The van der Waals surface area contributed by atoms with Gasteiger partial charge in [-0.25, -0.2) is 0 Å². The van der Waals surface area contributed by atoms with Crippen LogP contribution in [-0.4, -0.2) is 0 Å². The van der Waals surface area contributed by atoms with Gasteiger partial charge in [-0.1, -0.05) is 38.0 Å². The van der Waals surface area contributed by atoms with Gasteiger partial charge in [0, 0.05) is 0 Å². The van der Waals surface area contributed by atoms with Crippen LogP contribution >= 0.6 is 0 Å². The summed E-state index contributed by atoms with van der Waals surface area (Å²) in [6, 6.07) is 0. The summed E-state index contributed by atoms with van der Waals surface area (Å²) in [5.41, 5.74) is 2.17. The average molecular weight is 137 g/mol. The fourth-order valence-electron chi connectivity index (χ4n) is 0.684. The molecule has 0 heteroatoms. The van der Waals surface area contributed by atoms with Gasteiger partial charge in [0.1, 0.15) is 0 Å². The van der Waals surface area contributed by atoms with E-state index in [0.717, 1.165) is 12.0 Å².